The van der Waals surface area contributed by atoms with Crippen LogP contribution < -0.4 is 5.73 Å². The van der Waals surface area contributed by atoms with Gasteiger partial charge in [0.05, 0.1) is 12.7 Å². The molecule has 0 aliphatic heterocycles. The third kappa shape index (κ3) is 2.94. The lowest BCUT2D eigenvalue weighted by molar-refractivity contribution is 0.527. The summed E-state index contributed by atoms with van der Waals surface area (Å²) in [6.07, 6.45) is 3.87. The predicted molar refractivity (Wildman–Crippen MR) is 69.8 cm³/mol. The molecule has 0 radical (unpaired) electrons. The van der Waals surface area contributed by atoms with Crippen LogP contribution in [0.25, 0.3) is 0 Å². The first-order valence-electron chi connectivity index (χ1n) is 5.87. The fraction of sp³-hybridized carbons (Fsp3) is 0.357. The Morgan fingerprint density at radius 1 is 1.12 bits per heavy atom. The van der Waals surface area contributed by atoms with Gasteiger partial charge in [0.1, 0.15) is 0 Å². The molecule has 0 spiro atoms. The molecule has 0 aliphatic carbocycles. The van der Waals surface area contributed by atoms with E-state index in [4.69, 9.17) is 5.73 Å². The van der Waals surface area contributed by atoms with Gasteiger partial charge < -0.3 is 5.73 Å². The van der Waals surface area contributed by atoms with Crippen LogP contribution in [-0.2, 0) is 6.54 Å². The van der Waals surface area contributed by atoms with E-state index in [1.165, 1.54) is 16.7 Å². The van der Waals surface area contributed by atoms with Gasteiger partial charge in [-0.2, -0.15) is 5.10 Å². The second-order valence-corrected chi connectivity index (χ2v) is 4.77. The molecule has 1 heterocycles. The van der Waals surface area contributed by atoms with Crippen molar-refractivity contribution in [3.8, 4) is 0 Å². The Labute approximate surface area is 102 Å². The molecule has 0 aliphatic rings. The van der Waals surface area contributed by atoms with Gasteiger partial charge in [-0.1, -0.05) is 29.3 Å². The summed E-state index contributed by atoms with van der Waals surface area (Å²) in [5.41, 5.74) is 11.1. The van der Waals surface area contributed by atoms with Crippen molar-refractivity contribution in [3.63, 3.8) is 0 Å². The number of aryl methyl sites for hydroxylation is 3. The molecule has 1 aromatic heterocycles. The van der Waals surface area contributed by atoms with Crippen LogP contribution in [0.5, 0.6) is 0 Å². The highest BCUT2D eigenvalue weighted by molar-refractivity contribution is 5.30. The standard InChI is InChI=1S/C14H19N3/c1-10-4-11(2)6-13(5-10)14(15)9-17-8-12(3)7-16-17/h4-8,14H,9,15H2,1-3H3. The number of benzene rings is 1. The molecule has 1 unspecified atom stereocenters. The van der Waals surface area contributed by atoms with E-state index < -0.39 is 0 Å². The van der Waals surface area contributed by atoms with Crippen LogP contribution in [0.1, 0.15) is 28.3 Å². The first-order valence-corrected chi connectivity index (χ1v) is 5.87. The van der Waals surface area contributed by atoms with Crippen LogP contribution in [0.2, 0.25) is 0 Å². The Morgan fingerprint density at radius 2 is 1.76 bits per heavy atom. The highest BCUT2D eigenvalue weighted by Gasteiger charge is 2.08. The maximum absolute atomic E-state index is 6.21. The van der Waals surface area contributed by atoms with E-state index >= 15 is 0 Å². The maximum Gasteiger partial charge on any atom is 0.0602 e. The first-order chi connectivity index (χ1) is 8.04. The predicted octanol–water partition coefficient (Wildman–Crippen LogP) is 2.51. The number of rotatable bonds is 3. The summed E-state index contributed by atoms with van der Waals surface area (Å²) >= 11 is 0. The Balaban J connectivity index is 2.16. The van der Waals surface area contributed by atoms with Gasteiger partial charge >= 0.3 is 0 Å². The zero-order chi connectivity index (χ0) is 12.4. The molecule has 3 nitrogen and oxygen atoms in total. The Bertz CT molecular complexity index is 494. The third-order valence-corrected chi connectivity index (χ3v) is 2.82. The quantitative estimate of drug-likeness (QED) is 0.878. The summed E-state index contributed by atoms with van der Waals surface area (Å²) in [7, 11) is 0. The molecular weight excluding hydrogens is 210 g/mol. The molecular formula is C14H19N3. The van der Waals surface area contributed by atoms with Crippen LogP contribution in [-0.4, -0.2) is 9.78 Å². The molecule has 90 valence electrons. The normalized spacial score (nSPS) is 12.7. The fourth-order valence-electron chi connectivity index (χ4n) is 2.10. The second-order valence-electron chi connectivity index (χ2n) is 4.77. The average Bonchev–Trinajstić information content (AvgIpc) is 2.62. The molecule has 3 heteroatoms. The van der Waals surface area contributed by atoms with E-state index in [0.29, 0.717) is 0 Å². The van der Waals surface area contributed by atoms with Crippen LogP contribution in [0.3, 0.4) is 0 Å². The average molecular weight is 229 g/mol. The second kappa shape index (κ2) is 4.72. The van der Waals surface area contributed by atoms with Crippen molar-refractivity contribution in [1.82, 2.24) is 9.78 Å². The lowest BCUT2D eigenvalue weighted by Gasteiger charge is -2.13. The maximum atomic E-state index is 6.21. The van der Waals surface area contributed by atoms with Crippen molar-refractivity contribution < 1.29 is 0 Å². The van der Waals surface area contributed by atoms with Crippen LogP contribution in [0.15, 0.2) is 30.6 Å². The van der Waals surface area contributed by atoms with Gasteiger partial charge in [0, 0.05) is 12.2 Å². The van der Waals surface area contributed by atoms with Crippen molar-refractivity contribution in [2.75, 3.05) is 0 Å². The molecule has 0 bridgehead atoms. The van der Waals surface area contributed by atoms with Gasteiger partial charge in [-0.05, 0) is 31.9 Å². The molecule has 1 aromatic carbocycles. The molecule has 2 N–H and O–H groups in total. The van der Waals surface area contributed by atoms with Gasteiger partial charge in [0.15, 0.2) is 0 Å². The lowest BCUT2D eigenvalue weighted by Crippen LogP contribution is -2.18. The Kier molecular flexibility index (Phi) is 3.29. The monoisotopic (exact) mass is 229 g/mol. The minimum absolute atomic E-state index is 0.00657. The van der Waals surface area contributed by atoms with Gasteiger partial charge in [-0.25, -0.2) is 0 Å². The molecule has 0 saturated heterocycles. The number of hydrogen-bond donors (Lipinski definition) is 1. The highest BCUT2D eigenvalue weighted by atomic mass is 15.3. The van der Waals surface area contributed by atoms with E-state index in [9.17, 15) is 0 Å². The van der Waals surface area contributed by atoms with Crippen molar-refractivity contribution in [2.24, 2.45) is 5.73 Å². The van der Waals surface area contributed by atoms with Crippen LogP contribution in [0.4, 0.5) is 0 Å². The van der Waals surface area contributed by atoms with Gasteiger partial charge in [0.25, 0.3) is 0 Å². The summed E-state index contributed by atoms with van der Waals surface area (Å²) in [5.74, 6) is 0. The molecule has 0 amide bonds. The van der Waals surface area contributed by atoms with Crippen LogP contribution >= 0.6 is 0 Å². The highest BCUT2D eigenvalue weighted by Crippen LogP contribution is 2.16. The van der Waals surface area contributed by atoms with E-state index in [1.807, 2.05) is 24.0 Å². The van der Waals surface area contributed by atoms with E-state index in [1.54, 1.807) is 0 Å². The first kappa shape index (κ1) is 11.9. The van der Waals surface area contributed by atoms with E-state index in [0.717, 1.165) is 12.1 Å². The Hall–Kier alpha value is -1.61. The molecule has 0 saturated carbocycles. The van der Waals surface area contributed by atoms with Crippen molar-refractivity contribution in [1.29, 1.82) is 0 Å². The van der Waals surface area contributed by atoms with Crippen LogP contribution in [0, 0.1) is 20.8 Å². The SMILES string of the molecule is Cc1cc(C)cc(C(N)Cn2cc(C)cn2)c1. The number of nitrogens with zero attached hydrogens (tertiary/aromatic N) is 2. The number of nitrogens with two attached hydrogens (primary N) is 1. The van der Waals surface area contributed by atoms with Gasteiger partial charge in [-0.3, -0.25) is 4.68 Å². The lowest BCUT2D eigenvalue weighted by atomic mass is 10.0. The zero-order valence-corrected chi connectivity index (χ0v) is 10.6. The molecule has 17 heavy (non-hydrogen) atoms. The number of hydrogen-bond acceptors (Lipinski definition) is 2. The van der Waals surface area contributed by atoms with E-state index in [-0.39, 0.29) is 6.04 Å². The zero-order valence-electron chi connectivity index (χ0n) is 10.6. The Morgan fingerprint density at radius 3 is 2.29 bits per heavy atom. The molecule has 2 rings (SSSR count). The molecule has 1 atom stereocenters. The fourth-order valence-corrected chi connectivity index (χ4v) is 2.10. The summed E-state index contributed by atoms with van der Waals surface area (Å²) in [6, 6.07) is 6.45. The van der Waals surface area contributed by atoms with Gasteiger partial charge in [0.2, 0.25) is 0 Å². The largest absolute Gasteiger partial charge is 0.322 e. The molecule has 0 fully saturated rings. The summed E-state index contributed by atoms with van der Waals surface area (Å²) in [5, 5.41) is 4.26. The minimum atomic E-state index is -0.00657. The minimum Gasteiger partial charge on any atom is -0.322 e. The summed E-state index contributed by atoms with van der Waals surface area (Å²) < 4.78 is 1.90. The van der Waals surface area contributed by atoms with E-state index in [2.05, 4.69) is 37.1 Å². The number of aromatic nitrogens is 2. The third-order valence-electron chi connectivity index (χ3n) is 2.82. The summed E-state index contributed by atoms with van der Waals surface area (Å²) in [4.78, 5) is 0. The smallest absolute Gasteiger partial charge is 0.0602 e. The van der Waals surface area contributed by atoms with Gasteiger partial charge in [-0.15, -0.1) is 0 Å². The molecule has 2 aromatic rings. The topological polar surface area (TPSA) is 43.8 Å². The van der Waals surface area contributed by atoms with Crippen molar-refractivity contribution in [2.45, 2.75) is 33.4 Å². The summed E-state index contributed by atoms with van der Waals surface area (Å²) in [6.45, 7) is 6.95. The van der Waals surface area contributed by atoms with Crippen molar-refractivity contribution in [3.05, 3.63) is 52.8 Å². The van der Waals surface area contributed by atoms with Crippen molar-refractivity contribution >= 4 is 0 Å².